The molecule has 5 heteroatoms. The zero-order chi connectivity index (χ0) is 10.1. The fourth-order valence-corrected chi connectivity index (χ4v) is 0.919. The molecule has 7 N–H and O–H groups in total. The van der Waals surface area contributed by atoms with Crippen LogP contribution >= 0.6 is 0 Å². The standard InChI is InChI=1S/C8H20N4O/c9-4-1-2-5-12-6-3-7(10)8(11)13/h7,12H,1-6,9-10H2,(H2,11,13). The van der Waals surface area contributed by atoms with Crippen molar-refractivity contribution in [1.29, 1.82) is 0 Å². The average molecular weight is 188 g/mol. The van der Waals surface area contributed by atoms with Crippen LogP contribution in [0.2, 0.25) is 0 Å². The van der Waals surface area contributed by atoms with Gasteiger partial charge in [0.2, 0.25) is 5.91 Å². The van der Waals surface area contributed by atoms with Crippen LogP contribution in [0.25, 0.3) is 0 Å². The number of nitrogens with two attached hydrogens (primary N) is 3. The van der Waals surface area contributed by atoms with Crippen LogP contribution in [0, 0.1) is 0 Å². The minimum atomic E-state index is -0.526. The second-order valence-corrected chi connectivity index (χ2v) is 3.04. The maximum atomic E-state index is 10.5. The zero-order valence-electron chi connectivity index (χ0n) is 7.96. The molecule has 1 atom stereocenters. The number of rotatable bonds is 8. The van der Waals surface area contributed by atoms with Gasteiger partial charge in [0, 0.05) is 0 Å². The number of carbonyl (C=O) groups excluding carboxylic acids is 1. The van der Waals surface area contributed by atoms with Gasteiger partial charge in [-0.25, -0.2) is 0 Å². The zero-order valence-corrected chi connectivity index (χ0v) is 7.96. The Hall–Kier alpha value is -0.650. The second kappa shape index (κ2) is 7.97. The smallest absolute Gasteiger partial charge is 0.234 e. The Kier molecular flexibility index (Phi) is 7.57. The number of amides is 1. The molecule has 1 amide bonds. The summed E-state index contributed by atoms with van der Waals surface area (Å²) in [7, 11) is 0. The van der Waals surface area contributed by atoms with Gasteiger partial charge in [0.1, 0.15) is 0 Å². The monoisotopic (exact) mass is 188 g/mol. The third-order valence-electron chi connectivity index (χ3n) is 1.81. The summed E-state index contributed by atoms with van der Waals surface area (Å²) in [4.78, 5) is 10.5. The first kappa shape index (κ1) is 12.3. The lowest BCUT2D eigenvalue weighted by Gasteiger charge is -2.07. The molecule has 13 heavy (non-hydrogen) atoms. The molecule has 0 bridgehead atoms. The molecular weight excluding hydrogens is 168 g/mol. The number of hydrogen-bond donors (Lipinski definition) is 4. The van der Waals surface area contributed by atoms with Crippen molar-refractivity contribution in [3.05, 3.63) is 0 Å². The second-order valence-electron chi connectivity index (χ2n) is 3.04. The van der Waals surface area contributed by atoms with Gasteiger partial charge in [-0.1, -0.05) is 0 Å². The Morgan fingerprint density at radius 3 is 2.54 bits per heavy atom. The van der Waals surface area contributed by atoms with Crippen LogP contribution in [0.4, 0.5) is 0 Å². The molecule has 0 radical (unpaired) electrons. The van der Waals surface area contributed by atoms with E-state index in [0.29, 0.717) is 6.42 Å². The molecule has 0 aliphatic carbocycles. The van der Waals surface area contributed by atoms with E-state index in [1.807, 2.05) is 0 Å². The lowest BCUT2D eigenvalue weighted by Crippen LogP contribution is -2.38. The Balaban J connectivity index is 3.11. The highest BCUT2D eigenvalue weighted by Crippen LogP contribution is 1.86. The summed E-state index contributed by atoms with van der Waals surface area (Å²) in [5.74, 6) is -0.441. The Morgan fingerprint density at radius 2 is 2.00 bits per heavy atom. The van der Waals surface area contributed by atoms with Crippen LogP contribution in [-0.2, 0) is 4.79 Å². The van der Waals surface area contributed by atoms with E-state index in [1.54, 1.807) is 0 Å². The molecule has 0 aliphatic rings. The Bertz CT molecular complexity index is 140. The van der Waals surface area contributed by atoms with Gasteiger partial charge >= 0.3 is 0 Å². The lowest BCUT2D eigenvalue weighted by atomic mass is 10.2. The van der Waals surface area contributed by atoms with Crippen molar-refractivity contribution in [2.75, 3.05) is 19.6 Å². The highest BCUT2D eigenvalue weighted by atomic mass is 16.1. The number of carbonyl (C=O) groups is 1. The molecule has 78 valence electrons. The largest absolute Gasteiger partial charge is 0.368 e. The fourth-order valence-electron chi connectivity index (χ4n) is 0.919. The normalized spacial score (nSPS) is 12.8. The van der Waals surface area contributed by atoms with Crippen molar-refractivity contribution >= 4 is 5.91 Å². The molecular formula is C8H20N4O. The van der Waals surface area contributed by atoms with E-state index < -0.39 is 11.9 Å². The van der Waals surface area contributed by atoms with Gasteiger partial charge in [-0.05, 0) is 38.9 Å². The van der Waals surface area contributed by atoms with Crippen molar-refractivity contribution < 1.29 is 4.79 Å². The molecule has 0 heterocycles. The van der Waals surface area contributed by atoms with Crippen LogP contribution in [-0.4, -0.2) is 31.6 Å². The SMILES string of the molecule is NCCCCNCCC(N)C(N)=O. The maximum Gasteiger partial charge on any atom is 0.234 e. The van der Waals surface area contributed by atoms with Crippen molar-refractivity contribution in [1.82, 2.24) is 5.32 Å². The van der Waals surface area contributed by atoms with Crippen LogP contribution in [0.1, 0.15) is 19.3 Å². The van der Waals surface area contributed by atoms with Gasteiger partial charge in [-0.15, -0.1) is 0 Å². The molecule has 0 saturated carbocycles. The Morgan fingerprint density at radius 1 is 1.31 bits per heavy atom. The van der Waals surface area contributed by atoms with E-state index >= 15 is 0 Å². The first-order valence-corrected chi connectivity index (χ1v) is 4.64. The lowest BCUT2D eigenvalue weighted by molar-refractivity contribution is -0.119. The quantitative estimate of drug-likeness (QED) is 0.348. The molecule has 0 aliphatic heterocycles. The van der Waals surface area contributed by atoms with Crippen LogP contribution in [0.5, 0.6) is 0 Å². The van der Waals surface area contributed by atoms with Crippen LogP contribution < -0.4 is 22.5 Å². The predicted octanol–water partition coefficient (Wildman–Crippen LogP) is -1.48. The molecule has 1 unspecified atom stereocenters. The van der Waals surface area contributed by atoms with E-state index in [4.69, 9.17) is 17.2 Å². The van der Waals surface area contributed by atoms with Gasteiger partial charge in [-0.2, -0.15) is 0 Å². The van der Waals surface area contributed by atoms with Crippen LogP contribution in [0.15, 0.2) is 0 Å². The summed E-state index contributed by atoms with van der Waals surface area (Å²) in [6.45, 7) is 2.37. The van der Waals surface area contributed by atoms with E-state index in [2.05, 4.69) is 5.32 Å². The highest BCUT2D eigenvalue weighted by molar-refractivity contribution is 5.79. The van der Waals surface area contributed by atoms with Crippen molar-refractivity contribution in [3.63, 3.8) is 0 Å². The summed E-state index contributed by atoms with van der Waals surface area (Å²) < 4.78 is 0. The summed E-state index contributed by atoms with van der Waals surface area (Å²) in [6.07, 6.45) is 2.68. The Labute approximate surface area is 79.0 Å². The van der Waals surface area contributed by atoms with Gasteiger partial charge in [-0.3, -0.25) is 4.79 Å². The highest BCUT2D eigenvalue weighted by Gasteiger charge is 2.06. The maximum absolute atomic E-state index is 10.5. The summed E-state index contributed by atoms with van der Waals surface area (Å²) in [6, 6.07) is -0.526. The van der Waals surface area contributed by atoms with Crippen LogP contribution in [0.3, 0.4) is 0 Å². The van der Waals surface area contributed by atoms with Crippen molar-refractivity contribution in [3.8, 4) is 0 Å². The minimum absolute atomic E-state index is 0.441. The van der Waals surface area contributed by atoms with Gasteiger partial charge < -0.3 is 22.5 Å². The molecule has 0 saturated heterocycles. The van der Waals surface area contributed by atoms with Crippen molar-refractivity contribution in [2.45, 2.75) is 25.3 Å². The molecule has 0 aromatic rings. The van der Waals surface area contributed by atoms with E-state index in [-0.39, 0.29) is 0 Å². The molecule has 0 aromatic heterocycles. The molecule has 0 aromatic carbocycles. The van der Waals surface area contributed by atoms with E-state index in [9.17, 15) is 4.79 Å². The first-order chi connectivity index (χ1) is 6.18. The average Bonchev–Trinajstić information content (AvgIpc) is 2.10. The van der Waals surface area contributed by atoms with Gasteiger partial charge in [0.15, 0.2) is 0 Å². The number of unbranched alkanes of at least 4 members (excludes halogenated alkanes) is 1. The summed E-state index contributed by atoms with van der Waals surface area (Å²) in [5.41, 5.74) is 15.7. The predicted molar refractivity (Wildman–Crippen MR) is 52.9 cm³/mol. The molecule has 0 rings (SSSR count). The van der Waals surface area contributed by atoms with E-state index in [0.717, 1.165) is 32.5 Å². The minimum Gasteiger partial charge on any atom is -0.368 e. The molecule has 5 nitrogen and oxygen atoms in total. The molecule has 0 spiro atoms. The number of hydrogen-bond acceptors (Lipinski definition) is 4. The third kappa shape index (κ3) is 7.70. The number of primary amides is 1. The van der Waals surface area contributed by atoms with E-state index in [1.165, 1.54) is 0 Å². The fraction of sp³-hybridized carbons (Fsp3) is 0.875. The number of nitrogens with one attached hydrogen (secondary N) is 1. The van der Waals surface area contributed by atoms with Gasteiger partial charge in [0.25, 0.3) is 0 Å². The summed E-state index contributed by atoms with van der Waals surface area (Å²) >= 11 is 0. The molecule has 0 fully saturated rings. The van der Waals surface area contributed by atoms with Crippen molar-refractivity contribution in [2.24, 2.45) is 17.2 Å². The summed E-state index contributed by atoms with van der Waals surface area (Å²) in [5, 5.41) is 3.16. The first-order valence-electron chi connectivity index (χ1n) is 4.64. The third-order valence-corrected chi connectivity index (χ3v) is 1.81. The van der Waals surface area contributed by atoms with Gasteiger partial charge in [0.05, 0.1) is 6.04 Å². The topological polar surface area (TPSA) is 107 Å².